The van der Waals surface area contributed by atoms with Gasteiger partial charge >= 0.3 is 0 Å². The maximum Gasteiger partial charge on any atom is 0.227 e. The molecule has 1 amide bonds. The molecule has 3 rings (SSSR count). The summed E-state index contributed by atoms with van der Waals surface area (Å²) in [4.78, 5) is 22.3. The van der Waals surface area contributed by atoms with Crippen LogP contribution in [-0.2, 0) is 11.2 Å². The summed E-state index contributed by atoms with van der Waals surface area (Å²) in [7, 11) is 3.17. The standard InChI is InChI=1S/C18H21N3O4/c1-23-15-4-3-13(9-16(15)24-2)10-18(22)21-8-6-14(11-21)25-17-5-7-19-12-20-17/h3-5,7,9,12,14H,6,8,10-11H2,1-2H3. The molecule has 1 saturated heterocycles. The Morgan fingerprint density at radius 3 is 2.80 bits per heavy atom. The van der Waals surface area contributed by atoms with Crippen LogP contribution >= 0.6 is 0 Å². The molecule has 1 aliphatic rings. The van der Waals surface area contributed by atoms with Crippen LogP contribution in [0, 0.1) is 0 Å². The highest BCUT2D eigenvalue weighted by molar-refractivity contribution is 5.79. The predicted molar refractivity (Wildman–Crippen MR) is 90.9 cm³/mol. The van der Waals surface area contributed by atoms with Crippen LogP contribution in [0.4, 0.5) is 0 Å². The van der Waals surface area contributed by atoms with Crippen molar-refractivity contribution in [3.05, 3.63) is 42.4 Å². The number of nitrogens with zero attached hydrogens (tertiary/aromatic N) is 3. The summed E-state index contributed by atoms with van der Waals surface area (Å²) in [6, 6.07) is 7.24. The van der Waals surface area contributed by atoms with Crippen LogP contribution in [0.25, 0.3) is 0 Å². The van der Waals surface area contributed by atoms with Crippen LogP contribution < -0.4 is 14.2 Å². The maximum atomic E-state index is 12.5. The summed E-state index contributed by atoms with van der Waals surface area (Å²) in [6.45, 7) is 1.25. The molecule has 0 radical (unpaired) electrons. The van der Waals surface area contributed by atoms with Gasteiger partial charge in [0.2, 0.25) is 11.8 Å². The number of carbonyl (C=O) groups is 1. The number of amides is 1. The first-order valence-electron chi connectivity index (χ1n) is 8.11. The van der Waals surface area contributed by atoms with Gasteiger partial charge in [0.15, 0.2) is 11.5 Å². The molecule has 25 heavy (non-hydrogen) atoms. The van der Waals surface area contributed by atoms with E-state index in [0.29, 0.717) is 36.9 Å². The van der Waals surface area contributed by atoms with Crippen molar-refractivity contribution in [2.45, 2.75) is 18.9 Å². The monoisotopic (exact) mass is 343 g/mol. The molecule has 7 heteroatoms. The molecule has 1 aromatic carbocycles. The van der Waals surface area contributed by atoms with Crippen molar-refractivity contribution < 1.29 is 19.0 Å². The quantitative estimate of drug-likeness (QED) is 0.795. The summed E-state index contributed by atoms with van der Waals surface area (Å²) in [5.74, 6) is 1.88. The van der Waals surface area contributed by atoms with Crippen molar-refractivity contribution in [2.24, 2.45) is 0 Å². The van der Waals surface area contributed by atoms with E-state index in [1.54, 1.807) is 26.5 Å². The van der Waals surface area contributed by atoms with E-state index in [4.69, 9.17) is 14.2 Å². The van der Waals surface area contributed by atoms with E-state index in [1.165, 1.54) is 6.33 Å². The Kier molecular flexibility index (Phi) is 5.33. The van der Waals surface area contributed by atoms with Gasteiger partial charge in [0.05, 0.1) is 27.2 Å². The smallest absolute Gasteiger partial charge is 0.227 e. The lowest BCUT2D eigenvalue weighted by Crippen LogP contribution is -2.32. The minimum absolute atomic E-state index is 0.0377. The molecule has 0 bridgehead atoms. The maximum absolute atomic E-state index is 12.5. The van der Waals surface area contributed by atoms with Gasteiger partial charge in [-0.1, -0.05) is 6.07 Å². The molecule has 1 fully saturated rings. The Labute approximate surface area is 146 Å². The largest absolute Gasteiger partial charge is 0.493 e. The molecule has 2 heterocycles. The van der Waals surface area contributed by atoms with Gasteiger partial charge in [0, 0.05) is 25.2 Å². The highest BCUT2D eigenvalue weighted by Crippen LogP contribution is 2.28. The van der Waals surface area contributed by atoms with Gasteiger partial charge in [0.1, 0.15) is 12.4 Å². The van der Waals surface area contributed by atoms with Crippen molar-refractivity contribution in [1.82, 2.24) is 14.9 Å². The van der Waals surface area contributed by atoms with Crippen LogP contribution in [0.3, 0.4) is 0 Å². The van der Waals surface area contributed by atoms with E-state index in [0.717, 1.165) is 12.0 Å². The molecule has 0 aliphatic carbocycles. The fourth-order valence-electron chi connectivity index (χ4n) is 2.85. The average molecular weight is 343 g/mol. The molecule has 2 aromatic rings. The third kappa shape index (κ3) is 4.17. The fourth-order valence-corrected chi connectivity index (χ4v) is 2.85. The number of methoxy groups -OCH3 is 2. The molecule has 1 unspecified atom stereocenters. The molecule has 1 aliphatic heterocycles. The van der Waals surface area contributed by atoms with Crippen LogP contribution in [0.15, 0.2) is 36.8 Å². The van der Waals surface area contributed by atoms with Crippen LogP contribution in [-0.4, -0.2) is 54.2 Å². The number of aromatic nitrogens is 2. The topological polar surface area (TPSA) is 73.8 Å². The highest BCUT2D eigenvalue weighted by atomic mass is 16.5. The van der Waals surface area contributed by atoms with Crippen molar-refractivity contribution in [3.63, 3.8) is 0 Å². The van der Waals surface area contributed by atoms with E-state index in [9.17, 15) is 4.79 Å². The molecule has 1 atom stereocenters. The molecular formula is C18H21N3O4. The van der Waals surface area contributed by atoms with Crippen molar-refractivity contribution in [3.8, 4) is 17.4 Å². The summed E-state index contributed by atoms with van der Waals surface area (Å²) >= 11 is 0. The number of ether oxygens (including phenoxy) is 3. The SMILES string of the molecule is COc1ccc(CC(=O)N2CCC(Oc3ccncn3)C2)cc1OC. The third-order valence-corrected chi connectivity index (χ3v) is 4.14. The minimum atomic E-state index is -0.0377. The normalized spacial score (nSPS) is 16.6. The summed E-state index contributed by atoms with van der Waals surface area (Å²) in [6.07, 6.45) is 4.16. The number of benzene rings is 1. The van der Waals surface area contributed by atoms with E-state index in [1.807, 2.05) is 23.1 Å². The zero-order valence-electron chi connectivity index (χ0n) is 14.3. The molecule has 1 aromatic heterocycles. The van der Waals surface area contributed by atoms with E-state index >= 15 is 0 Å². The van der Waals surface area contributed by atoms with E-state index in [2.05, 4.69) is 9.97 Å². The fraction of sp³-hybridized carbons (Fsp3) is 0.389. The summed E-state index contributed by atoms with van der Waals surface area (Å²) in [5.41, 5.74) is 0.891. The summed E-state index contributed by atoms with van der Waals surface area (Å²) < 4.78 is 16.3. The number of hydrogen-bond donors (Lipinski definition) is 0. The molecule has 0 spiro atoms. The van der Waals surface area contributed by atoms with Crippen LogP contribution in [0.5, 0.6) is 17.4 Å². The lowest BCUT2D eigenvalue weighted by molar-refractivity contribution is -0.129. The van der Waals surface area contributed by atoms with Gasteiger partial charge in [-0.2, -0.15) is 0 Å². The van der Waals surface area contributed by atoms with Crippen molar-refractivity contribution in [2.75, 3.05) is 27.3 Å². The molecule has 0 N–H and O–H groups in total. The second-order valence-electron chi connectivity index (χ2n) is 5.78. The first-order valence-corrected chi connectivity index (χ1v) is 8.11. The van der Waals surface area contributed by atoms with E-state index in [-0.39, 0.29) is 12.0 Å². The van der Waals surface area contributed by atoms with Gasteiger partial charge < -0.3 is 19.1 Å². The lowest BCUT2D eigenvalue weighted by Gasteiger charge is -2.17. The predicted octanol–water partition coefficient (Wildman–Crippen LogP) is 1.72. The van der Waals surface area contributed by atoms with Gasteiger partial charge in [-0.25, -0.2) is 9.97 Å². The number of hydrogen-bond acceptors (Lipinski definition) is 6. The van der Waals surface area contributed by atoms with Gasteiger partial charge in [-0.05, 0) is 17.7 Å². The van der Waals surface area contributed by atoms with Crippen LogP contribution in [0.2, 0.25) is 0 Å². The first-order chi connectivity index (χ1) is 12.2. The summed E-state index contributed by atoms with van der Waals surface area (Å²) in [5, 5.41) is 0. The number of carbonyl (C=O) groups excluding carboxylic acids is 1. The molecular weight excluding hydrogens is 322 g/mol. The first kappa shape index (κ1) is 17.0. The van der Waals surface area contributed by atoms with Crippen molar-refractivity contribution in [1.29, 1.82) is 0 Å². The zero-order valence-corrected chi connectivity index (χ0v) is 14.3. The number of rotatable bonds is 6. The van der Waals surface area contributed by atoms with Crippen LogP contribution in [0.1, 0.15) is 12.0 Å². The van der Waals surface area contributed by atoms with Crippen molar-refractivity contribution >= 4 is 5.91 Å². The Hall–Kier alpha value is -2.83. The van der Waals surface area contributed by atoms with Gasteiger partial charge in [-0.3, -0.25) is 4.79 Å². The third-order valence-electron chi connectivity index (χ3n) is 4.14. The van der Waals surface area contributed by atoms with Gasteiger partial charge in [-0.15, -0.1) is 0 Å². The molecule has 0 saturated carbocycles. The Balaban J connectivity index is 1.57. The van der Waals surface area contributed by atoms with E-state index < -0.39 is 0 Å². The lowest BCUT2D eigenvalue weighted by atomic mass is 10.1. The number of likely N-dealkylation sites (tertiary alicyclic amines) is 1. The zero-order chi connectivity index (χ0) is 17.6. The Bertz CT molecular complexity index is 724. The highest BCUT2D eigenvalue weighted by Gasteiger charge is 2.28. The second kappa shape index (κ2) is 7.83. The molecule has 7 nitrogen and oxygen atoms in total. The Morgan fingerprint density at radius 2 is 2.08 bits per heavy atom. The molecule has 132 valence electrons. The average Bonchev–Trinajstić information content (AvgIpc) is 3.11. The minimum Gasteiger partial charge on any atom is -0.493 e. The second-order valence-corrected chi connectivity index (χ2v) is 5.78. The van der Waals surface area contributed by atoms with Gasteiger partial charge in [0.25, 0.3) is 0 Å². The Morgan fingerprint density at radius 1 is 1.24 bits per heavy atom.